The highest BCUT2D eigenvalue weighted by Gasteiger charge is 2.03. The third-order valence-corrected chi connectivity index (χ3v) is 2.36. The van der Waals surface area contributed by atoms with Crippen LogP contribution in [0.15, 0.2) is 24.3 Å². The molecular weight excluding hydrogens is 264 g/mol. The second kappa shape index (κ2) is 7.62. The van der Waals surface area contributed by atoms with E-state index in [2.05, 4.69) is 16.0 Å². The van der Waals surface area contributed by atoms with E-state index in [0.717, 1.165) is 5.56 Å². The largest absolute Gasteiger partial charge is 0.478 e. The summed E-state index contributed by atoms with van der Waals surface area (Å²) in [6.07, 6.45) is 0. The first-order valence-corrected chi connectivity index (χ1v) is 5.86. The van der Waals surface area contributed by atoms with Crippen LogP contribution in [0, 0.1) is 0 Å². The number of carbonyl (C=O) groups excluding carboxylic acids is 2. The highest BCUT2D eigenvalue weighted by Crippen LogP contribution is 2.03. The molecule has 0 bridgehead atoms. The number of primary amides is 1. The van der Waals surface area contributed by atoms with Crippen molar-refractivity contribution in [3.63, 3.8) is 0 Å². The molecule has 0 aromatic heterocycles. The Morgan fingerprint density at radius 2 is 1.60 bits per heavy atom. The molecule has 1 aromatic rings. The number of benzene rings is 1. The van der Waals surface area contributed by atoms with Gasteiger partial charge >= 0.3 is 18.0 Å². The van der Waals surface area contributed by atoms with Crippen molar-refractivity contribution in [1.29, 1.82) is 0 Å². The molecule has 0 aliphatic carbocycles. The number of nitrogens with one attached hydrogen (secondary N) is 3. The van der Waals surface area contributed by atoms with E-state index in [9.17, 15) is 14.4 Å². The second-order valence-electron chi connectivity index (χ2n) is 3.90. The molecule has 20 heavy (non-hydrogen) atoms. The zero-order chi connectivity index (χ0) is 15.0. The maximum absolute atomic E-state index is 11.4. The van der Waals surface area contributed by atoms with Gasteiger partial charge in [-0.15, -0.1) is 0 Å². The molecule has 8 heteroatoms. The molecule has 4 amide bonds. The molecule has 0 saturated heterocycles. The van der Waals surface area contributed by atoms with Crippen LogP contribution in [0.5, 0.6) is 0 Å². The van der Waals surface area contributed by atoms with E-state index in [1.165, 1.54) is 12.1 Å². The van der Waals surface area contributed by atoms with Gasteiger partial charge in [-0.2, -0.15) is 0 Å². The molecular formula is C12H16N4O4. The number of aromatic carboxylic acids is 1. The smallest absolute Gasteiger partial charge is 0.335 e. The summed E-state index contributed by atoms with van der Waals surface area (Å²) < 4.78 is 0. The minimum absolute atomic E-state index is 0.190. The van der Waals surface area contributed by atoms with Crippen LogP contribution in [-0.4, -0.2) is 36.2 Å². The third kappa shape index (κ3) is 5.71. The summed E-state index contributed by atoms with van der Waals surface area (Å²) in [6.45, 7) is 0.776. The maximum Gasteiger partial charge on any atom is 0.335 e. The van der Waals surface area contributed by atoms with E-state index >= 15 is 0 Å². The van der Waals surface area contributed by atoms with Gasteiger partial charge in [0, 0.05) is 19.6 Å². The molecule has 0 aliphatic heterocycles. The van der Waals surface area contributed by atoms with Gasteiger partial charge < -0.3 is 26.8 Å². The predicted molar refractivity (Wildman–Crippen MR) is 71.2 cm³/mol. The summed E-state index contributed by atoms with van der Waals surface area (Å²) >= 11 is 0. The number of nitrogens with two attached hydrogens (primary N) is 1. The molecule has 0 spiro atoms. The lowest BCUT2D eigenvalue weighted by Crippen LogP contribution is -2.41. The topological polar surface area (TPSA) is 134 Å². The molecule has 1 rings (SSSR count). The zero-order valence-corrected chi connectivity index (χ0v) is 10.7. The Labute approximate surface area is 115 Å². The highest BCUT2D eigenvalue weighted by molar-refractivity contribution is 5.87. The summed E-state index contributed by atoms with van der Waals surface area (Å²) in [5.41, 5.74) is 5.83. The van der Waals surface area contributed by atoms with E-state index in [0.29, 0.717) is 0 Å². The first-order valence-electron chi connectivity index (χ1n) is 5.86. The quantitative estimate of drug-likeness (QED) is 0.463. The lowest BCUT2D eigenvalue weighted by atomic mass is 10.1. The van der Waals surface area contributed by atoms with Crippen LogP contribution in [0.4, 0.5) is 9.59 Å². The molecule has 8 nitrogen and oxygen atoms in total. The Morgan fingerprint density at radius 3 is 2.15 bits per heavy atom. The van der Waals surface area contributed by atoms with Gasteiger partial charge in [0.05, 0.1) is 5.56 Å². The second-order valence-corrected chi connectivity index (χ2v) is 3.90. The van der Waals surface area contributed by atoms with Gasteiger partial charge in [-0.05, 0) is 17.7 Å². The van der Waals surface area contributed by atoms with Crippen LogP contribution in [0.1, 0.15) is 15.9 Å². The van der Waals surface area contributed by atoms with Gasteiger partial charge in [0.2, 0.25) is 0 Å². The Bertz CT molecular complexity index is 487. The number of amides is 4. The normalized spacial score (nSPS) is 9.60. The summed E-state index contributed by atoms with van der Waals surface area (Å²) in [6, 6.07) is 5.14. The summed E-state index contributed by atoms with van der Waals surface area (Å²) in [5.74, 6) is -0.996. The van der Waals surface area contributed by atoms with Crippen LogP contribution in [-0.2, 0) is 6.54 Å². The van der Waals surface area contributed by atoms with Crippen LogP contribution in [0.25, 0.3) is 0 Å². The molecule has 0 saturated carbocycles. The summed E-state index contributed by atoms with van der Waals surface area (Å²) in [5, 5.41) is 16.2. The average Bonchev–Trinajstić information content (AvgIpc) is 2.41. The Kier molecular flexibility index (Phi) is 5.82. The predicted octanol–water partition coefficient (Wildman–Crippen LogP) is -0.148. The molecule has 1 aromatic carbocycles. The summed E-state index contributed by atoms with van der Waals surface area (Å²) in [4.78, 5) is 32.4. The Balaban J connectivity index is 2.26. The molecule has 0 atom stereocenters. The number of rotatable bonds is 6. The van der Waals surface area contributed by atoms with Crippen molar-refractivity contribution in [3.05, 3.63) is 35.4 Å². The van der Waals surface area contributed by atoms with Crippen molar-refractivity contribution in [2.24, 2.45) is 5.73 Å². The fourth-order valence-corrected chi connectivity index (χ4v) is 1.37. The molecule has 0 aliphatic rings. The van der Waals surface area contributed by atoms with E-state index in [1.807, 2.05) is 0 Å². The van der Waals surface area contributed by atoms with Gasteiger partial charge in [0.25, 0.3) is 0 Å². The Morgan fingerprint density at radius 1 is 1.00 bits per heavy atom. The van der Waals surface area contributed by atoms with Gasteiger partial charge in [0.1, 0.15) is 0 Å². The third-order valence-electron chi connectivity index (χ3n) is 2.36. The van der Waals surface area contributed by atoms with Crippen molar-refractivity contribution < 1.29 is 19.5 Å². The number of carbonyl (C=O) groups is 3. The molecule has 0 fully saturated rings. The van der Waals surface area contributed by atoms with E-state index in [1.54, 1.807) is 12.1 Å². The molecule has 6 N–H and O–H groups in total. The number of hydrogen-bond donors (Lipinski definition) is 5. The number of hydrogen-bond acceptors (Lipinski definition) is 3. The highest BCUT2D eigenvalue weighted by atomic mass is 16.4. The van der Waals surface area contributed by atoms with Crippen LogP contribution in [0.2, 0.25) is 0 Å². The van der Waals surface area contributed by atoms with Crippen molar-refractivity contribution in [1.82, 2.24) is 16.0 Å². The fraction of sp³-hybridized carbons (Fsp3) is 0.250. The van der Waals surface area contributed by atoms with Gasteiger partial charge in [-0.3, -0.25) is 0 Å². The first-order chi connectivity index (χ1) is 9.49. The van der Waals surface area contributed by atoms with Crippen LogP contribution < -0.4 is 21.7 Å². The van der Waals surface area contributed by atoms with Crippen molar-refractivity contribution in [2.45, 2.75) is 6.54 Å². The van der Waals surface area contributed by atoms with Gasteiger partial charge in [0.15, 0.2) is 0 Å². The van der Waals surface area contributed by atoms with Crippen molar-refractivity contribution >= 4 is 18.0 Å². The minimum atomic E-state index is -0.996. The number of carboxylic acids is 1. The minimum Gasteiger partial charge on any atom is -0.478 e. The van der Waals surface area contributed by atoms with Gasteiger partial charge in [-0.25, -0.2) is 14.4 Å². The standard InChI is InChI=1S/C12H16N4O4/c13-11(19)14-5-6-15-12(20)16-7-8-1-3-9(4-2-8)10(17)18/h1-4H,5-7H2,(H,17,18)(H3,13,14,19)(H2,15,16,20). The van der Waals surface area contributed by atoms with Crippen LogP contribution in [0.3, 0.4) is 0 Å². The lowest BCUT2D eigenvalue weighted by Gasteiger charge is -2.08. The van der Waals surface area contributed by atoms with E-state index in [-0.39, 0.29) is 25.2 Å². The maximum atomic E-state index is 11.4. The molecule has 108 valence electrons. The fourth-order valence-electron chi connectivity index (χ4n) is 1.37. The average molecular weight is 280 g/mol. The molecule has 0 heterocycles. The SMILES string of the molecule is NC(=O)NCCNC(=O)NCc1ccc(C(=O)O)cc1. The lowest BCUT2D eigenvalue weighted by molar-refractivity contribution is 0.0697. The monoisotopic (exact) mass is 280 g/mol. The zero-order valence-electron chi connectivity index (χ0n) is 10.7. The summed E-state index contributed by atoms with van der Waals surface area (Å²) in [7, 11) is 0. The molecule has 0 radical (unpaired) electrons. The van der Waals surface area contributed by atoms with Crippen molar-refractivity contribution in [3.8, 4) is 0 Å². The van der Waals surface area contributed by atoms with E-state index < -0.39 is 18.0 Å². The first kappa shape index (κ1) is 15.3. The van der Waals surface area contributed by atoms with Gasteiger partial charge in [-0.1, -0.05) is 12.1 Å². The van der Waals surface area contributed by atoms with Crippen LogP contribution >= 0.6 is 0 Å². The number of urea groups is 2. The van der Waals surface area contributed by atoms with Crippen molar-refractivity contribution in [2.75, 3.05) is 13.1 Å². The Hall–Kier alpha value is -2.77. The number of carboxylic acid groups (broad SMARTS) is 1. The molecule has 0 unspecified atom stereocenters. The van der Waals surface area contributed by atoms with E-state index in [4.69, 9.17) is 10.8 Å².